The lowest BCUT2D eigenvalue weighted by Crippen LogP contribution is -2.05. The maximum atomic E-state index is 6.09. The van der Waals surface area contributed by atoms with Crippen LogP contribution in [0, 0.1) is 6.92 Å². The van der Waals surface area contributed by atoms with Gasteiger partial charge >= 0.3 is 0 Å². The van der Waals surface area contributed by atoms with Crippen molar-refractivity contribution < 1.29 is 0 Å². The van der Waals surface area contributed by atoms with Crippen LogP contribution in [-0.4, -0.2) is 0 Å². The molecule has 0 aliphatic heterocycles. The Labute approximate surface area is 77.5 Å². The topological polar surface area (TPSA) is 26.0 Å². The molecule has 64 valence electrons. The third-order valence-corrected chi connectivity index (χ3v) is 2.77. The van der Waals surface area contributed by atoms with E-state index in [1.807, 2.05) is 6.07 Å². The van der Waals surface area contributed by atoms with Crippen molar-refractivity contribution >= 4 is 11.6 Å². The molecule has 2 heteroatoms. The van der Waals surface area contributed by atoms with Crippen molar-refractivity contribution in [3.05, 3.63) is 33.8 Å². The second-order valence-corrected chi connectivity index (χ2v) is 3.87. The first kappa shape index (κ1) is 8.09. The molecule has 2 rings (SSSR count). The van der Waals surface area contributed by atoms with E-state index in [2.05, 4.69) is 13.0 Å². The summed E-state index contributed by atoms with van der Waals surface area (Å²) in [5, 5.41) is 0.843. The zero-order valence-electron chi connectivity index (χ0n) is 7.10. The van der Waals surface area contributed by atoms with Crippen molar-refractivity contribution in [3.8, 4) is 0 Å². The van der Waals surface area contributed by atoms with Crippen LogP contribution >= 0.6 is 11.6 Å². The molecule has 12 heavy (non-hydrogen) atoms. The van der Waals surface area contributed by atoms with Gasteiger partial charge in [-0.25, -0.2) is 0 Å². The Morgan fingerprint density at radius 3 is 3.00 bits per heavy atom. The van der Waals surface area contributed by atoms with Crippen LogP contribution in [0.1, 0.15) is 29.2 Å². The van der Waals surface area contributed by atoms with E-state index >= 15 is 0 Å². The number of hydrogen-bond donors (Lipinski definition) is 1. The van der Waals surface area contributed by atoms with E-state index in [4.69, 9.17) is 17.3 Å². The first-order chi connectivity index (χ1) is 5.68. The summed E-state index contributed by atoms with van der Waals surface area (Å²) in [6.45, 7) is 2.07. The lowest BCUT2D eigenvalue weighted by molar-refractivity contribution is 0.713. The molecule has 1 aliphatic rings. The highest BCUT2D eigenvalue weighted by Gasteiger charge is 2.21. The minimum Gasteiger partial charge on any atom is -0.324 e. The van der Waals surface area contributed by atoms with Gasteiger partial charge in [-0.2, -0.15) is 0 Å². The van der Waals surface area contributed by atoms with Crippen LogP contribution < -0.4 is 5.73 Å². The molecular formula is C10H12ClN. The highest BCUT2D eigenvalue weighted by molar-refractivity contribution is 6.31. The molecule has 0 amide bonds. The largest absolute Gasteiger partial charge is 0.324 e. The average molecular weight is 182 g/mol. The maximum Gasteiger partial charge on any atom is 0.0459 e. The van der Waals surface area contributed by atoms with Crippen LogP contribution in [-0.2, 0) is 6.42 Å². The fraction of sp³-hybridized carbons (Fsp3) is 0.400. The zero-order chi connectivity index (χ0) is 8.72. The van der Waals surface area contributed by atoms with E-state index in [-0.39, 0.29) is 6.04 Å². The molecule has 1 nitrogen and oxygen atoms in total. The fourth-order valence-corrected chi connectivity index (χ4v) is 2.34. The van der Waals surface area contributed by atoms with E-state index in [1.54, 1.807) is 0 Å². The molecule has 0 radical (unpaired) electrons. The van der Waals surface area contributed by atoms with Gasteiger partial charge in [-0.3, -0.25) is 0 Å². The van der Waals surface area contributed by atoms with Crippen LogP contribution in [0.2, 0.25) is 5.02 Å². The first-order valence-electron chi connectivity index (χ1n) is 4.23. The van der Waals surface area contributed by atoms with Gasteiger partial charge in [-0.15, -0.1) is 0 Å². The summed E-state index contributed by atoms with van der Waals surface area (Å²) in [6.07, 6.45) is 2.12. The number of hydrogen-bond acceptors (Lipinski definition) is 1. The molecule has 1 atom stereocenters. The van der Waals surface area contributed by atoms with Crippen LogP contribution in [0.15, 0.2) is 12.1 Å². The minimum atomic E-state index is 0.160. The molecule has 0 saturated carbocycles. The SMILES string of the molecule is Cc1cc(Cl)c2c(c1)CCC2N. The molecule has 0 saturated heterocycles. The third-order valence-electron chi connectivity index (χ3n) is 2.46. The summed E-state index contributed by atoms with van der Waals surface area (Å²) < 4.78 is 0. The molecule has 1 unspecified atom stereocenters. The summed E-state index contributed by atoms with van der Waals surface area (Å²) in [4.78, 5) is 0. The van der Waals surface area contributed by atoms with Crippen LogP contribution in [0.25, 0.3) is 0 Å². The van der Waals surface area contributed by atoms with Gasteiger partial charge in [0.05, 0.1) is 0 Å². The highest BCUT2D eigenvalue weighted by Crippen LogP contribution is 2.35. The average Bonchev–Trinajstić information content (AvgIpc) is 2.31. The van der Waals surface area contributed by atoms with Gasteiger partial charge in [0.25, 0.3) is 0 Å². The van der Waals surface area contributed by atoms with Crippen molar-refractivity contribution in [3.63, 3.8) is 0 Å². The molecule has 1 aromatic rings. The van der Waals surface area contributed by atoms with Gasteiger partial charge < -0.3 is 5.73 Å². The Hall–Kier alpha value is -0.530. The Balaban J connectivity index is 2.60. The van der Waals surface area contributed by atoms with Gasteiger partial charge in [-0.1, -0.05) is 17.7 Å². The Morgan fingerprint density at radius 1 is 1.50 bits per heavy atom. The number of rotatable bonds is 0. The lowest BCUT2D eigenvalue weighted by Gasteiger charge is -2.07. The van der Waals surface area contributed by atoms with E-state index in [9.17, 15) is 0 Å². The normalized spacial score (nSPS) is 21.1. The maximum absolute atomic E-state index is 6.09. The summed E-state index contributed by atoms with van der Waals surface area (Å²) in [5.41, 5.74) is 9.65. The lowest BCUT2D eigenvalue weighted by atomic mass is 10.1. The Bertz CT molecular complexity index is 320. The van der Waals surface area contributed by atoms with E-state index in [1.165, 1.54) is 16.7 Å². The number of fused-ring (bicyclic) bond motifs is 1. The molecule has 1 aromatic carbocycles. The molecule has 0 spiro atoms. The van der Waals surface area contributed by atoms with Crippen molar-refractivity contribution in [2.45, 2.75) is 25.8 Å². The quantitative estimate of drug-likeness (QED) is 0.654. The molecule has 0 bridgehead atoms. The summed E-state index contributed by atoms with van der Waals surface area (Å²) in [7, 11) is 0. The van der Waals surface area contributed by atoms with Gasteiger partial charge in [0.2, 0.25) is 0 Å². The second-order valence-electron chi connectivity index (χ2n) is 3.46. The standard InChI is InChI=1S/C10H12ClN/c1-6-4-7-2-3-9(12)10(7)8(11)5-6/h4-5,9H,2-3,12H2,1H3. The Morgan fingerprint density at radius 2 is 2.25 bits per heavy atom. The van der Waals surface area contributed by atoms with Gasteiger partial charge in [0, 0.05) is 11.1 Å². The second kappa shape index (κ2) is 2.75. The van der Waals surface area contributed by atoms with Crippen molar-refractivity contribution in [2.24, 2.45) is 5.73 Å². The van der Waals surface area contributed by atoms with Crippen molar-refractivity contribution in [2.75, 3.05) is 0 Å². The number of nitrogens with two attached hydrogens (primary N) is 1. The predicted octanol–water partition coefficient (Wildman–Crippen LogP) is 2.59. The molecular weight excluding hydrogens is 170 g/mol. The third kappa shape index (κ3) is 1.13. The number of aryl methyl sites for hydroxylation is 2. The number of benzene rings is 1. The zero-order valence-corrected chi connectivity index (χ0v) is 7.86. The molecule has 0 heterocycles. The predicted molar refractivity (Wildman–Crippen MR) is 51.4 cm³/mol. The summed E-state index contributed by atoms with van der Waals surface area (Å²) >= 11 is 6.09. The fourth-order valence-electron chi connectivity index (χ4n) is 1.90. The first-order valence-corrected chi connectivity index (χ1v) is 4.61. The number of halogens is 1. The Kier molecular flexibility index (Phi) is 1.85. The van der Waals surface area contributed by atoms with E-state index < -0.39 is 0 Å². The van der Waals surface area contributed by atoms with Crippen LogP contribution in [0.3, 0.4) is 0 Å². The smallest absolute Gasteiger partial charge is 0.0459 e. The van der Waals surface area contributed by atoms with Crippen LogP contribution in [0.5, 0.6) is 0 Å². The monoisotopic (exact) mass is 181 g/mol. The highest BCUT2D eigenvalue weighted by atomic mass is 35.5. The van der Waals surface area contributed by atoms with Crippen molar-refractivity contribution in [1.82, 2.24) is 0 Å². The van der Waals surface area contributed by atoms with E-state index in [0.717, 1.165) is 17.9 Å². The van der Waals surface area contributed by atoms with Gasteiger partial charge in [-0.05, 0) is 42.5 Å². The van der Waals surface area contributed by atoms with Gasteiger partial charge in [0.1, 0.15) is 0 Å². The molecule has 1 aliphatic carbocycles. The summed E-state index contributed by atoms with van der Waals surface area (Å²) in [5.74, 6) is 0. The minimum absolute atomic E-state index is 0.160. The molecule has 0 fully saturated rings. The van der Waals surface area contributed by atoms with Crippen LogP contribution in [0.4, 0.5) is 0 Å². The molecule has 2 N–H and O–H groups in total. The van der Waals surface area contributed by atoms with E-state index in [0.29, 0.717) is 0 Å². The van der Waals surface area contributed by atoms with Crippen molar-refractivity contribution in [1.29, 1.82) is 0 Å². The molecule has 0 aromatic heterocycles. The summed E-state index contributed by atoms with van der Waals surface area (Å²) in [6, 6.07) is 4.34. The van der Waals surface area contributed by atoms with Gasteiger partial charge in [0.15, 0.2) is 0 Å².